The van der Waals surface area contributed by atoms with Crippen molar-refractivity contribution >= 4 is 33.5 Å². The minimum Gasteiger partial charge on any atom is -0.492 e. The quantitative estimate of drug-likeness (QED) is 0.479. The number of aromatic nitrogens is 1. The van der Waals surface area contributed by atoms with Crippen LogP contribution in [0, 0.1) is 0 Å². The molecule has 0 unspecified atom stereocenters. The first kappa shape index (κ1) is 23.8. The summed E-state index contributed by atoms with van der Waals surface area (Å²) in [5.74, 6) is -1.32. The van der Waals surface area contributed by atoms with Crippen LogP contribution in [0.1, 0.15) is 22.8 Å². The molecule has 3 aromatic rings. The van der Waals surface area contributed by atoms with Gasteiger partial charge in [0, 0.05) is 28.0 Å². The van der Waals surface area contributed by atoms with Gasteiger partial charge in [0.15, 0.2) is 11.5 Å². The number of methoxy groups -OCH3 is 1. The molecule has 186 valence electrons. The van der Waals surface area contributed by atoms with Gasteiger partial charge in [-0.25, -0.2) is 4.79 Å². The Morgan fingerprint density at radius 1 is 1.08 bits per heavy atom. The highest BCUT2D eigenvalue weighted by atomic mass is 79.9. The summed E-state index contributed by atoms with van der Waals surface area (Å²) < 4.78 is 47.9. The van der Waals surface area contributed by atoms with Crippen molar-refractivity contribution in [2.24, 2.45) is 0 Å². The fraction of sp³-hybridized carbons (Fsp3) is 0.208. The minimum absolute atomic E-state index is 0.0339. The number of rotatable bonds is 4. The second kappa shape index (κ2) is 8.33. The molecule has 1 N–H and O–H groups in total. The van der Waals surface area contributed by atoms with Crippen molar-refractivity contribution in [3.8, 4) is 22.9 Å². The average molecular weight is 563 g/mol. The Morgan fingerprint density at radius 2 is 1.75 bits per heavy atom. The molecule has 0 bridgehead atoms. The van der Waals surface area contributed by atoms with Crippen LogP contribution in [0.25, 0.3) is 5.69 Å². The van der Waals surface area contributed by atoms with E-state index >= 15 is 0 Å². The Hall–Kier alpha value is -3.93. The molecule has 36 heavy (non-hydrogen) atoms. The first-order valence-corrected chi connectivity index (χ1v) is 11.3. The Bertz CT molecular complexity index is 1470. The summed E-state index contributed by atoms with van der Waals surface area (Å²) in [7, 11) is 1.27. The SMILES string of the molecule is COC(=O)c1ccc(-n2cc(Br)cc(NC(=O)[C@@]3(C)COc4cc5c(cc43)OC(F)(F)O5)c2=O)cc1. The number of hydrogen-bond donors (Lipinski definition) is 1. The van der Waals surface area contributed by atoms with Crippen LogP contribution < -0.4 is 25.1 Å². The first-order chi connectivity index (χ1) is 17.0. The van der Waals surface area contributed by atoms with E-state index < -0.39 is 29.1 Å². The van der Waals surface area contributed by atoms with Crippen LogP contribution in [0.15, 0.2) is 57.9 Å². The van der Waals surface area contributed by atoms with E-state index in [4.69, 9.17) is 4.74 Å². The third-order valence-corrected chi connectivity index (χ3v) is 6.35. The Balaban J connectivity index is 1.45. The number of carbonyl (C=O) groups excluding carboxylic acids is 2. The molecule has 2 aliphatic rings. The molecule has 12 heteroatoms. The summed E-state index contributed by atoms with van der Waals surface area (Å²) in [4.78, 5) is 38.3. The first-order valence-electron chi connectivity index (χ1n) is 10.5. The van der Waals surface area contributed by atoms with Gasteiger partial charge in [-0.05, 0) is 59.3 Å². The highest BCUT2D eigenvalue weighted by molar-refractivity contribution is 9.10. The highest BCUT2D eigenvalue weighted by Crippen LogP contribution is 2.50. The van der Waals surface area contributed by atoms with E-state index in [1.807, 2.05) is 0 Å². The minimum atomic E-state index is -3.81. The third kappa shape index (κ3) is 3.96. The normalized spacial score (nSPS) is 18.8. The standard InChI is InChI=1S/C24H17BrF2N2O7/c1-23(11-34-17-9-19-18(8-15(17)23)35-24(26,27)36-19)22(32)28-16-7-13(25)10-29(20(16)30)14-5-3-12(4-6-14)21(31)33-2/h3-10H,11H2,1-2H3,(H,28,32)/t23-/m0/s1. The van der Waals surface area contributed by atoms with Crippen LogP contribution in [0.3, 0.4) is 0 Å². The van der Waals surface area contributed by atoms with Gasteiger partial charge in [0.05, 0.1) is 12.7 Å². The number of esters is 1. The fourth-order valence-corrected chi connectivity index (χ4v) is 4.42. The summed E-state index contributed by atoms with van der Waals surface area (Å²) in [6, 6.07) is 10.1. The Morgan fingerprint density at radius 3 is 2.42 bits per heavy atom. The second-order valence-electron chi connectivity index (χ2n) is 8.32. The van der Waals surface area contributed by atoms with Crippen molar-refractivity contribution in [3.05, 3.63) is 74.6 Å². The molecule has 1 amide bonds. The number of halogens is 3. The van der Waals surface area contributed by atoms with Crippen LogP contribution in [0.4, 0.5) is 14.5 Å². The van der Waals surface area contributed by atoms with Gasteiger partial charge in [-0.3, -0.25) is 14.2 Å². The van der Waals surface area contributed by atoms with Crippen LogP contribution >= 0.6 is 15.9 Å². The molecule has 0 fully saturated rings. The maximum atomic E-state index is 13.5. The maximum Gasteiger partial charge on any atom is 0.586 e. The lowest BCUT2D eigenvalue weighted by atomic mass is 9.83. The van der Waals surface area contributed by atoms with Gasteiger partial charge in [0.1, 0.15) is 23.5 Å². The van der Waals surface area contributed by atoms with E-state index in [9.17, 15) is 23.2 Å². The number of fused-ring (bicyclic) bond motifs is 2. The number of anilines is 1. The molecule has 1 atom stereocenters. The molecule has 0 saturated carbocycles. The van der Waals surface area contributed by atoms with Crippen LogP contribution in [-0.4, -0.2) is 36.5 Å². The van der Waals surface area contributed by atoms with Crippen LogP contribution in [0.5, 0.6) is 17.2 Å². The number of pyridine rings is 1. The van der Waals surface area contributed by atoms with Crippen molar-refractivity contribution in [2.45, 2.75) is 18.6 Å². The number of nitrogens with one attached hydrogen (secondary N) is 1. The zero-order chi connectivity index (χ0) is 25.8. The summed E-state index contributed by atoms with van der Waals surface area (Å²) in [5.41, 5.74) is -0.816. The van der Waals surface area contributed by atoms with Crippen molar-refractivity contribution in [1.29, 1.82) is 0 Å². The van der Waals surface area contributed by atoms with Gasteiger partial charge < -0.3 is 24.3 Å². The number of alkyl halides is 2. The zero-order valence-corrected chi connectivity index (χ0v) is 20.4. The van der Waals surface area contributed by atoms with Crippen LogP contribution in [-0.2, 0) is 14.9 Å². The van der Waals surface area contributed by atoms with E-state index in [1.165, 1.54) is 48.2 Å². The van der Waals surface area contributed by atoms with Gasteiger partial charge >= 0.3 is 12.3 Å². The topological polar surface area (TPSA) is 105 Å². The Kier molecular flexibility index (Phi) is 5.51. The number of amides is 1. The summed E-state index contributed by atoms with van der Waals surface area (Å²) >= 11 is 3.34. The largest absolute Gasteiger partial charge is 0.586 e. The molecular formula is C24H17BrF2N2O7. The van der Waals surface area contributed by atoms with E-state index in [0.717, 1.165) is 0 Å². The maximum absolute atomic E-state index is 13.5. The molecular weight excluding hydrogens is 546 g/mol. The molecule has 2 aromatic carbocycles. The fourth-order valence-electron chi connectivity index (χ4n) is 3.98. The van der Waals surface area contributed by atoms with Gasteiger partial charge in [-0.1, -0.05) is 0 Å². The predicted molar refractivity (Wildman–Crippen MR) is 125 cm³/mol. The highest BCUT2D eigenvalue weighted by Gasteiger charge is 2.49. The van der Waals surface area contributed by atoms with Crippen LogP contribution in [0.2, 0.25) is 0 Å². The molecule has 1 aromatic heterocycles. The summed E-state index contributed by atoms with van der Waals surface area (Å²) in [6.07, 6.45) is -2.30. The molecule has 5 rings (SSSR count). The number of carbonyl (C=O) groups is 2. The number of nitrogens with zero attached hydrogens (tertiary/aromatic N) is 1. The van der Waals surface area contributed by atoms with Crippen molar-refractivity contribution in [1.82, 2.24) is 4.57 Å². The summed E-state index contributed by atoms with van der Waals surface area (Å²) in [5, 5.41) is 2.63. The second-order valence-corrected chi connectivity index (χ2v) is 9.24. The van der Waals surface area contributed by atoms with Crippen molar-refractivity contribution < 1.29 is 37.3 Å². The average Bonchev–Trinajstić information content (AvgIpc) is 3.33. The molecule has 3 heterocycles. The third-order valence-electron chi connectivity index (χ3n) is 5.91. The lowest BCUT2D eigenvalue weighted by Gasteiger charge is -2.22. The van der Waals surface area contributed by atoms with Gasteiger partial charge in [0.2, 0.25) is 5.91 Å². The Labute approximate surface area is 210 Å². The number of ether oxygens (including phenoxy) is 4. The molecule has 9 nitrogen and oxygen atoms in total. The lowest BCUT2D eigenvalue weighted by Crippen LogP contribution is -2.40. The molecule has 0 aliphatic carbocycles. The monoisotopic (exact) mass is 562 g/mol. The summed E-state index contributed by atoms with van der Waals surface area (Å²) in [6.45, 7) is 1.47. The number of hydrogen-bond acceptors (Lipinski definition) is 7. The lowest BCUT2D eigenvalue weighted by molar-refractivity contribution is -0.286. The number of benzene rings is 2. The van der Waals surface area contributed by atoms with E-state index in [-0.39, 0.29) is 29.5 Å². The van der Waals surface area contributed by atoms with Gasteiger partial charge in [-0.2, -0.15) is 0 Å². The van der Waals surface area contributed by atoms with Gasteiger partial charge in [-0.15, -0.1) is 8.78 Å². The van der Waals surface area contributed by atoms with Crippen molar-refractivity contribution in [3.63, 3.8) is 0 Å². The predicted octanol–water partition coefficient (Wildman–Crippen LogP) is 4.00. The molecule has 0 spiro atoms. The van der Waals surface area contributed by atoms with E-state index in [1.54, 1.807) is 19.1 Å². The van der Waals surface area contributed by atoms with E-state index in [2.05, 4.69) is 35.5 Å². The smallest absolute Gasteiger partial charge is 0.492 e. The molecule has 2 aliphatic heterocycles. The zero-order valence-electron chi connectivity index (χ0n) is 18.8. The van der Waals surface area contributed by atoms with Gasteiger partial charge in [0.25, 0.3) is 5.56 Å². The van der Waals surface area contributed by atoms with E-state index in [0.29, 0.717) is 21.3 Å². The van der Waals surface area contributed by atoms with Crippen molar-refractivity contribution in [2.75, 3.05) is 19.0 Å². The molecule has 0 saturated heterocycles. The molecule has 0 radical (unpaired) electrons.